The van der Waals surface area contributed by atoms with E-state index in [-0.39, 0.29) is 29.4 Å². The van der Waals surface area contributed by atoms with Gasteiger partial charge in [0.1, 0.15) is 10.6 Å². The highest BCUT2D eigenvalue weighted by Crippen LogP contribution is 2.28. The zero-order valence-corrected chi connectivity index (χ0v) is 19.3. The predicted octanol–water partition coefficient (Wildman–Crippen LogP) is 2.29. The first-order valence-electron chi connectivity index (χ1n) is 11.1. The van der Waals surface area contributed by atoms with E-state index in [1.165, 1.54) is 10.5 Å². The van der Waals surface area contributed by atoms with Crippen LogP contribution in [-0.4, -0.2) is 54.1 Å². The van der Waals surface area contributed by atoms with Crippen molar-refractivity contribution in [2.45, 2.75) is 50.6 Å². The summed E-state index contributed by atoms with van der Waals surface area (Å²) in [4.78, 5) is 12.8. The standard InChI is InChI=1S/C23H30N4O4S/c1-3-27-17(2)22(14-24-27)32(29,30)26-13-12-20-19(15-26)10-5-4-8-18-9-6-7-11-21(18)31-16-23(28)25-20/h4-7,9,11,14,19-20H,3,8,10,12-13,15-16H2,1-2H3,(H,25,28)/t19-,20+/m0/s1. The zero-order chi connectivity index (χ0) is 22.7. The van der Waals surface area contributed by atoms with Gasteiger partial charge in [-0.3, -0.25) is 9.48 Å². The van der Waals surface area contributed by atoms with Gasteiger partial charge in [-0.15, -0.1) is 0 Å². The molecule has 4 rings (SSSR count). The number of benzene rings is 1. The van der Waals surface area contributed by atoms with E-state index >= 15 is 0 Å². The first-order chi connectivity index (χ1) is 15.4. The van der Waals surface area contributed by atoms with E-state index in [4.69, 9.17) is 4.74 Å². The maximum absolute atomic E-state index is 13.3. The Morgan fingerprint density at radius 2 is 2.06 bits per heavy atom. The topological polar surface area (TPSA) is 93.5 Å². The van der Waals surface area contributed by atoms with Crippen molar-refractivity contribution in [1.29, 1.82) is 0 Å². The summed E-state index contributed by atoms with van der Waals surface area (Å²) in [5.41, 5.74) is 1.67. The van der Waals surface area contributed by atoms with Crippen molar-refractivity contribution in [3.8, 4) is 5.75 Å². The summed E-state index contributed by atoms with van der Waals surface area (Å²) >= 11 is 0. The van der Waals surface area contributed by atoms with Crippen LogP contribution in [0.2, 0.25) is 0 Å². The molecule has 1 aromatic carbocycles. The molecule has 0 unspecified atom stereocenters. The quantitative estimate of drug-likeness (QED) is 0.713. The monoisotopic (exact) mass is 458 g/mol. The lowest BCUT2D eigenvalue weighted by Gasteiger charge is -2.38. The predicted molar refractivity (Wildman–Crippen MR) is 121 cm³/mol. The second-order valence-corrected chi connectivity index (χ2v) is 10.2. The Morgan fingerprint density at radius 3 is 2.84 bits per heavy atom. The highest BCUT2D eigenvalue weighted by Gasteiger charge is 2.37. The maximum atomic E-state index is 13.3. The number of hydrogen-bond acceptors (Lipinski definition) is 5. The number of sulfonamides is 1. The lowest BCUT2D eigenvalue weighted by atomic mass is 9.90. The average molecular weight is 459 g/mol. The fraction of sp³-hybridized carbons (Fsp3) is 0.478. The minimum atomic E-state index is -3.65. The Kier molecular flexibility index (Phi) is 6.66. The van der Waals surface area contributed by atoms with Crippen molar-refractivity contribution in [2.24, 2.45) is 5.92 Å². The van der Waals surface area contributed by atoms with Gasteiger partial charge in [0.2, 0.25) is 10.0 Å². The number of aryl methyl sites for hydroxylation is 1. The Hall–Kier alpha value is -2.65. The summed E-state index contributed by atoms with van der Waals surface area (Å²) < 4.78 is 35.7. The number of para-hydroxylation sites is 1. The Labute approximate surface area is 189 Å². The number of fused-ring (bicyclic) bond motifs is 2. The van der Waals surface area contributed by atoms with E-state index in [0.717, 1.165) is 5.56 Å². The summed E-state index contributed by atoms with van der Waals surface area (Å²) in [5.74, 6) is 0.513. The lowest BCUT2D eigenvalue weighted by Crippen LogP contribution is -2.53. The van der Waals surface area contributed by atoms with Gasteiger partial charge in [-0.1, -0.05) is 30.4 Å². The normalized spacial score (nSPS) is 22.6. The molecule has 1 amide bonds. The fourth-order valence-corrected chi connectivity index (χ4v) is 6.14. The van der Waals surface area contributed by atoms with Crippen LogP contribution in [0.1, 0.15) is 31.0 Å². The number of nitrogens with one attached hydrogen (secondary N) is 1. The number of piperidine rings is 1. The lowest BCUT2D eigenvalue weighted by molar-refractivity contribution is -0.124. The Balaban J connectivity index is 1.54. The number of carbonyl (C=O) groups is 1. The number of carbonyl (C=O) groups excluding carboxylic acids is 1. The molecule has 9 heteroatoms. The van der Waals surface area contributed by atoms with Crippen molar-refractivity contribution in [3.05, 3.63) is 53.9 Å². The molecule has 32 heavy (non-hydrogen) atoms. The van der Waals surface area contributed by atoms with Crippen LogP contribution in [0.15, 0.2) is 47.5 Å². The molecule has 0 saturated carbocycles. The zero-order valence-electron chi connectivity index (χ0n) is 18.5. The molecule has 1 aromatic heterocycles. The van der Waals surface area contributed by atoms with Crippen molar-refractivity contribution in [3.63, 3.8) is 0 Å². The van der Waals surface area contributed by atoms with Gasteiger partial charge < -0.3 is 10.1 Å². The number of ether oxygens (including phenoxy) is 1. The van der Waals surface area contributed by atoms with Gasteiger partial charge in [0.25, 0.3) is 5.91 Å². The fourth-order valence-electron chi connectivity index (χ4n) is 4.47. The molecule has 1 fully saturated rings. The average Bonchev–Trinajstić information content (AvgIpc) is 3.17. The molecule has 1 N–H and O–H groups in total. The van der Waals surface area contributed by atoms with Gasteiger partial charge >= 0.3 is 0 Å². The highest BCUT2D eigenvalue weighted by molar-refractivity contribution is 7.89. The van der Waals surface area contributed by atoms with E-state index in [1.807, 2.05) is 31.2 Å². The molecular formula is C23H30N4O4S. The van der Waals surface area contributed by atoms with Gasteiger partial charge in [-0.25, -0.2) is 8.42 Å². The van der Waals surface area contributed by atoms with Crippen molar-refractivity contribution >= 4 is 15.9 Å². The summed E-state index contributed by atoms with van der Waals surface area (Å²) in [6, 6.07) is 7.60. The third-order valence-electron chi connectivity index (χ3n) is 6.29. The largest absolute Gasteiger partial charge is 0.483 e. The van der Waals surface area contributed by atoms with E-state index in [2.05, 4.69) is 22.6 Å². The van der Waals surface area contributed by atoms with Crippen LogP contribution in [0.25, 0.3) is 0 Å². The van der Waals surface area contributed by atoms with Gasteiger partial charge in [0.05, 0.1) is 11.9 Å². The number of nitrogens with zero attached hydrogens (tertiary/aromatic N) is 3. The maximum Gasteiger partial charge on any atom is 0.258 e. The summed E-state index contributed by atoms with van der Waals surface area (Å²) in [5, 5.41) is 7.27. The number of amides is 1. The molecule has 2 aliphatic rings. The van der Waals surface area contributed by atoms with Crippen LogP contribution in [0.3, 0.4) is 0 Å². The summed E-state index contributed by atoms with van der Waals surface area (Å²) in [6.45, 7) is 4.99. The summed E-state index contributed by atoms with van der Waals surface area (Å²) in [6.07, 6.45) is 7.56. The molecule has 172 valence electrons. The van der Waals surface area contributed by atoms with Crippen LogP contribution in [-0.2, 0) is 27.8 Å². The SMILES string of the molecule is CCn1ncc(S(=O)(=O)N2CC[C@H]3NC(=O)COc4ccccc4CC=CC[C@H]3C2)c1C. The second-order valence-electron chi connectivity index (χ2n) is 8.30. The van der Waals surface area contributed by atoms with Crippen molar-refractivity contribution in [2.75, 3.05) is 19.7 Å². The molecular weight excluding hydrogens is 428 g/mol. The molecule has 1 saturated heterocycles. The van der Waals surface area contributed by atoms with Crippen LogP contribution in [0, 0.1) is 12.8 Å². The van der Waals surface area contributed by atoms with Gasteiger partial charge in [-0.05, 0) is 50.7 Å². The number of hydrogen-bond donors (Lipinski definition) is 1. The minimum Gasteiger partial charge on any atom is -0.483 e. The first-order valence-corrected chi connectivity index (χ1v) is 12.5. The van der Waals surface area contributed by atoms with Gasteiger partial charge in [0.15, 0.2) is 6.61 Å². The van der Waals surface area contributed by atoms with Gasteiger partial charge in [0, 0.05) is 25.7 Å². The Bertz CT molecular complexity index is 1110. The van der Waals surface area contributed by atoms with E-state index < -0.39 is 10.0 Å². The smallest absolute Gasteiger partial charge is 0.258 e. The van der Waals surface area contributed by atoms with E-state index in [0.29, 0.717) is 50.3 Å². The molecule has 2 aliphatic heterocycles. The van der Waals surface area contributed by atoms with Gasteiger partial charge in [-0.2, -0.15) is 9.40 Å². The number of rotatable bonds is 3. The van der Waals surface area contributed by atoms with Crippen LogP contribution in [0.5, 0.6) is 5.75 Å². The summed E-state index contributed by atoms with van der Waals surface area (Å²) in [7, 11) is -3.65. The molecule has 2 atom stereocenters. The van der Waals surface area contributed by atoms with Crippen LogP contribution >= 0.6 is 0 Å². The first kappa shape index (κ1) is 22.5. The van der Waals surface area contributed by atoms with Crippen LogP contribution in [0.4, 0.5) is 0 Å². The van der Waals surface area contributed by atoms with Crippen molar-refractivity contribution < 1.29 is 17.9 Å². The molecule has 0 aliphatic carbocycles. The molecule has 2 aromatic rings. The molecule has 3 heterocycles. The molecule has 0 spiro atoms. The number of aromatic nitrogens is 2. The third-order valence-corrected chi connectivity index (χ3v) is 8.26. The number of allylic oxidation sites excluding steroid dienone is 2. The van der Waals surface area contributed by atoms with Crippen LogP contribution < -0.4 is 10.1 Å². The second kappa shape index (κ2) is 9.46. The Morgan fingerprint density at radius 1 is 1.25 bits per heavy atom. The molecule has 0 radical (unpaired) electrons. The molecule has 8 nitrogen and oxygen atoms in total. The minimum absolute atomic E-state index is 0.0186. The van der Waals surface area contributed by atoms with Crippen molar-refractivity contribution in [1.82, 2.24) is 19.4 Å². The highest BCUT2D eigenvalue weighted by atomic mass is 32.2. The van der Waals surface area contributed by atoms with E-state index in [9.17, 15) is 13.2 Å². The molecule has 0 bridgehead atoms. The third kappa shape index (κ3) is 4.59. The van der Waals surface area contributed by atoms with E-state index in [1.54, 1.807) is 11.6 Å².